The molecule has 1 atom stereocenters. The lowest BCUT2D eigenvalue weighted by Gasteiger charge is -2.19. The first-order valence-electron chi connectivity index (χ1n) is 6.68. The molecule has 0 saturated carbocycles. The van der Waals surface area contributed by atoms with Gasteiger partial charge in [-0.1, -0.05) is 42.1 Å². The van der Waals surface area contributed by atoms with Gasteiger partial charge in [0.1, 0.15) is 5.75 Å². The summed E-state index contributed by atoms with van der Waals surface area (Å²) in [6, 6.07) is 18.2. The number of benzene rings is 2. The van der Waals surface area contributed by atoms with Gasteiger partial charge in [0.15, 0.2) is 5.17 Å². The van der Waals surface area contributed by atoms with Crippen molar-refractivity contribution in [2.75, 3.05) is 7.11 Å². The van der Waals surface area contributed by atoms with E-state index in [9.17, 15) is 0 Å². The monoisotopic (exact) mass is 296 g/mol. The Labute approximate surface area is 128 Å². The minimum atomic E-state index is 0.195. The Balaban J connectivity index is 1.94. The number of aliphatic imine (C=N–C) groups is 1. The van der Waals surface area contributed by atoms with Gasteiger partial charge >= 0.3 is 0 Å². The molecule has 0 bridgehead atoms. The van der Waals surface area contributed by atoms with Crippen molar-refractivity contribution in [1.29, 1.82) is 0 Å². The standard InChI is InChI=1S/C17H16N2OS/c1-20-14-9-7-12(8-10-14)15-11-16(21-17(18)19-15)13-5-3-2-4-6-13/h2-11,16H,1H3,(H2,18,19). The minimum Gasteiger partial charge on any atom is -0.497 e. The van der Waals surface area contributed by atoms with Crippen LogP contribution in [0.3, 0.4) is 0 Å². The molecule has 2 aromatic rings. The SMILES string of the molecule is COc1ccc(C2=CC(c3ccccc3)SC(N)=N2)cc1. The predicted molar refractivity (Wildman–Crippen MR) is 89.4 cm³/mol. The second kappa shape index (κ2) is 6.06. The summed E-state index contributed by atoms with van der Waals surface area (Å²) >= 11 is 1.57. The molecule has 3 nitrogen and oxygen atoms in total. The van der Waals surface area contributed by atoms with E-state index in [-0.39, 0.29) is 5.25 Å². The Morgan fingerprint density at radius 2 is 1.76 bits per heavy atom. The zero-order valence-electron chi connectivity index (χ0n) is 11.7. The molecule has 0 aromatic heterocycles. The molecule has 0 fully saturated rings. The van der Waals surface area contributed by atoms with Crippen LogP contribution < -0.4 is 10.5 Å². The summed E-state index contributed by atoms with van der Waals surface area (Å²) in [5, 5.41) is 0.790. The van der Waals surface area contributed by atoms with Gasteiger partial charge < -0.3 is 10.5 Å². The molecule has 0 saturated heterocycles. The van der Waals surface area contributed by atoms with E-state index in [2.05, 4.69) is 23.2 Å². The van der Waals surface area contributed by atoms with E-state index in [1.165, 1.54) is 5.56 Å². The van der Waals surface area contributed by atoms with Crippen molar-refractivity contribution in [2.24, 2.45) is 10.7 Å². The van der Waals surface area contributed by atoms with E-state index < -0.39 is 0 Å². The molecule has 1 aliphatic heterocycles. The lowest BCUT2D eigenvalue weighted by molar-refractivity contribution is 0.415. The second-order valence-electron chi connectivity index (χ2n) is 4.68. The number of nitrogens with zero attached hydrogens (tertiary/aromatic N) is 1. The van der Waals surface area contributed by atoms with Crippen molar-refractivity contribution in [1.82, 2.24) is 0 Å². The normalized spacial score (nSPS) is 17.9. The average molecular weight is 296 g/mol. The fourth-order valence-electron chi connectivity index (χ4n) is 2.22. The van der Waals surface area contributed by atoms with Gasteiger partial charge in [0.2, 0.25) is 0 Å². The molecule has 2 N–H and O–H groups in total. The molecule has 0 spiro atoms. The molecule has 0 aliphatic carbocycles. The third kappa shape index (κ3) is 3.11. The van der Waals surface area contributed by atoms with E-state index in [4.69, 9.17) is 10.5 Å². The second-order valence-corrected chi connectivity index (χ2v) is 5.84. The van der Waals surface area contributed by atoms with E-state index in [0.29, 0.717) is 5.17 Å². The van der Waals surface area contributed by atoms with Crippen molar-refractivity contribution in [2.45, 2.75) is 5.25 Å². The van der Waals surface area contributed by atoms with E-state index >= 15 is 0 Å². The number of rotatable bonds is 3. The van der Waals surface area contributed by atoms with Crippen LogP contribution in [0.5, 0.6) is 5.75 Å². The highest BCUT2D eigenvalue weighted by atomic mass is 32.2. The summed E-state index contributed by atoms with van der Waals surface area (Å²) in [4.78, 5) is 4.46. The lowest BCUT2D eigenvalue weighted by Crippen LogP contribution is -2.12. The van der Waals surface area contributed by atoms with Gasteiger partial charge in [0.25, 0.3) is 0 Å². The molecular weight excluding hydrogens is 280 g/mol. The van der Waals surface area contributed by atoms with Crippen molar-refractivity contribution in [3.05, 3.63) is 71.8 Å². The zero-order chi connectivity index (χ0) is 14.7. The number of hydrogen-bond acceptors (Lipinski definition) is 4. The average Bonchev–Trinajstić information content (AvgIpc) is 2.55. The maximum absolute atomic E-state index is 5.99. The zero-order valence-corrected chi connectivity index (χ0v) is 12.5. The maximum Gasteiger partial charge on any atom is 0.160 e. The predicted octanol–water partition coefficient (Wildman–Crippen LogP) is 3.84. The van der Waals surface area contributed by atoms with Crippen LogP contribution in [0.15, 0.2) is 65.7 Å². The van der Waals surface area contributed by atoms with Gasteiger partial charge in [-0.25, -0.2) is 4.99 Å². The van der Waals surface area contributed by atoms with Crippen LogP contribution in [0.25, 0.3) is 5.70 Å². The van der Waals surface area contributed by atoms with Gasteiger partial charge in [-0.15, -0.1) is 0 Å². The summed E-state index contributed by atoms with van der Waals surface area (Å²) in [6.07, 6.45) is 2.15. The first-order chi connectivity index (χ1) is 10.3. The van der Waals surface area contributed by atoms with Crippen LogP contribution in [0.1, 0.15) is 16.4 Å². The number of ether oxygens (including phenoxy) is 1. The molecule has 21 heavy (non-hydrogen) atoms. The van der Waals surface area contributed by atoms with Crippen LogP contribution in [0.4, 0.5) is 0 Å². The fraction of sp³-hybridized carbons (Fsp3) is 0.118. The molecule has 0 amide bonds. The van der Waals surface area contributed by atoms with Crippen molar-refractivity contribution < 1.29 is 4.74 Å². The molecule has 1 heterocycles. The Morgan fingerprint density at radius 3 is 2.43 bits per heavy atom. The number of methoxy groups -OCH3 is 1. The highest BCUT2D eigenvalue weighted by molar-refractivity contribution is 8.14. The van der Waals surface area contributed by atoms with Gasteiger partial charge in [0.05, 0.1) is 18.1 Å². The number of nitrogens with two attached hydrogens (primary N) is 1. The molecule has 106 valence electrons. The fourth-order valence-corrected chi connectivity index (χ4v) is 3.12. The summed E-state index contributed by atoms with van der Waals surface area (Å²) in [7, 11) is 1.66. The Hall–Kier alpha value is -2.20. The number of amidine groups is 1. The molecule has 1 aliphatic rings. The van der Waals surface area contributed by atoms with Crippen LogP contribution in [-0.2, 0) is 0 Å². The quantitative estimate of drug-likeness (QED) is 0.936. The third-order valence-electron chi connectivity index (χ3n) is 3.30. The van der Waals surface area contributed by atoms with Gasteiger partial charge in [-0.2, -0.15) is 0 Å². The van der Waals surface area contributed by atoms with Gasteiger partial charge in [-0.3, -0.25) is 0 Å². The van der Waals surface area contributed by atoms with Crippen LogP contribution in [0, 0.1) is 0 Å². The first kappa shape index (κ1) is 13.8. The summed E-state index contributed by atoms with van der Waals surface area (Å²) in [6.45, 7) is 0. The van der Waals surface area contributed by atoms with E-state index in [0.717, 1.165) is 17.0 Å². The molecule has 4 heteroatoms. The summed E-state index contributed by atoms with van der Waals surface area (Å²) in [5.74, 6) is 0.834. The van der Waals surface area contributed by atoms with Crippen LogP contribution >= 0.6 is 11.8 Å². The lowest BCUT2D eigenvalue weighted by atomic mass is 10.1. The largest absolute Gasteiger partial charge is 0.497 e. The van der Waals surface area contributed by atoms with Gasteiger partial charge in [0, 0.05) is 5.56 Å². The van der Waals surface area contributed by atoms with E-state index in [1.807, 2.05) is 42.5 Å². The smallest absolute Gasteiger partial charge is 0.160 e. The Bertz CT molecular complexity index is 678. The van der Waals surface area contributed by atoms with Crippen LogP contribution in [0.2, 0.25) is 0 Å². The van der Waals surface area contributed by atoms with Crippen LogP contribution in [-0.4, -0.2) is 12.3 Å². The Morgan fingerprint density at radius 1 is 1.05 bits per heavy atom. The minimum absolute atomic E-state index is 0.195. The Kier molecular flexibility index (Phi) is 3.97. The molecule has 3 rings (SSSR count). The molecule has 1 unspecified atom stereocenters. The third-order valence-corrected chi connectivity index (χ3v) is 4.30. The summed E-state index contributed by atoms with van der Waals surface area (Å²) in [5.41, 5.74) is 9.17. The first-order valence-corrected chi connectivity index (χ1v) is 7.56. The number of hydrogen-bond donors (Lipinski definition) is 1. The number of thioether (sulfide) groups is 1. The van der Waals surface area contributed by atoms with E-state index in [1.54, 1.807) is 18.9 Å². The molecule has 2 aromatic carbocycles. The molecule has 0 radical (unpaired) electrons. The topological polar surface area (TPSA) is 47.6 Å². The highest BCUT2D eigenvalue weighted by Crippen LogP contribution is 2.37. The highest BCUT2D eigenvalue weighted by Gasteiger charge is 2.18. The summed E-state index contributed by atoms with van der Waals surface area (Å²) < 4.78 is 5.18. The van der Waals surface area contributed by atoms with Gasteiger partial charge in [-0.05, 0) is 35.9 Å². The van der Waals surface area contributed by atoms with Crippen molar-refractivity contribution in [3.63, 3.8) is 0 Å². The van der Waals surface area contributed by atoms with Crippen molar-refractivity contribution in [3.8, 4) is 5.75 Å². The maximum atomic E-state index is 5.99. The molecular formula is C17H16N2OS. The van der Waals surface area contributed by atoms with Crippen molar-refractivity contribution >= 4 is 22.6 Å².